The van der Waals surface area contributed by atoms with E-state index in [1.807, 2.05) is 31.2 Å². The Labute approximate surface area is 135 Å². The Hall–Kier alpha value is -2.00. The van der Waals surface area contributed by atoms with E-state index in [-0.39, 0.29) is 5.97 Å². The van der Waals surface area contributed by atoms with Crippen LogP contribution < -0.4 is 0 Å². The lowest BCUT2D eigenvalue weighted by atomic mass is 9.95. The maximum Gasteiger partial charge on any atom is 0.339 e. The highest BCUT2D eigenvalue weighted by atomic mass is 32.2. The third kappa shape index (κ3) is 2.69. The summed E-state index contributed by atoms with van der Waals surface area (Å²) in [6, 6.07) is 14.3. The van der Waals surface area contributed by atoms with E-state index in [4.69, 9.17) is 4.74 Å². The van der Waals surface area contributed by atoms with Crippen molar-refractivity contribution >= 4 is 28.9 Å². The molecule has 0 saturated heterocycles. The Balaban J connectivity index is 2.11. The van der Waals surface area contributed by atoms with Gasteiger partial charge in [-0.1, -0.05) is 42.0 Å². The van der Waals surface area contributed by atoms with Crippen LogP contribution in [0.25, 0.3) is 11.1 Å². The van der Waals surface area contributed by atoms with Crippen LogP contribution in [-0.2, 0) is 9.53 Å². The number of esters is 1. The molecule has 0 amide bonds. The second-order valence-corrected chi connectivity index (χ2v) is 6.33. The molecule has 3 heteroatoms. The first-order valence-corrected chi connectivity index (χ1v) is 8.45. The fourth-order valence-electron chi connectivity index (χ4n) is 2.71. The molecular weight excluding hydrogens is 292 g/mol. The van der Waals surface area contributed by atoms with Gasteiger partial charge < -0.3 is 4.74 Å². The molecule has 2 nitrogen and oxygen atoms in total. The van der Waals surface area contributed by atoms with Gasteiger partial charge in [-0.2, -0.15) is 0 Å². The maximum absolute atomic E-state index is 12.2. The van der Waals surface area contributed by atoms with Crippen LogP contribution in [0.3, 0.4) is 0 Å². The Morgan fingerprint density at radius 2 is 1.68 bits per heavy atom. The van der Waals surface area contributed by atoms with Gasteiger partial charge in [-0.05, 0) is 42.9 Å². The lowest BCUT2D eigenvalue weighted by Gasteiger charge is -2.08. The van der Waals surface area contributed by atoms with Gasteiger partial charge in [0.25, 0.3) is 0 Å². The second kappa shape index (κ2) is 6.01. The summed E-state index contributed by atoms with van der Waals surface area (Å²) in [6.07, 6.45) is 2.07. The monoisotopic (exact) mass is 310 g/mol. The molecule has 0 fully saturated rings. The highest BCUT2D eigenvalue weighted by Gasteiger charge is 2.27. The molecule has 1 aliphatic rings. The number of carbonyl (C=O) groups is 1. The van der Waals surface area contributed by atoms with Crippen molar-refractivity contribution in [2.24, 2.45) is 0 Å². The molecule has 2 aromatic carbocycles. The van der Waals surface area contributed by atoms with Crippen LogP contribution in [0.5, 0.6) is 0 Å². The third-order valence-electron chi connectivity index (χ3n) is 3.94. The SMILES string of the molecule is CSc1ccc(C2=C(c3ccc(C)cc3)C(=O)OC2)cc1C. The number of cyclic esters (lactones) is 1. The van der Waals surface area contributed by atoms with E-state index in [2.05, 4.69) is 31.4 Å². The first-order chi connectivity index (χ1) is 10.6. The van der Waals surface area contributed by atoms with Crippen molar-refractivity contribution in [2.45, 2.75) is 18.7 Å². The number of aryl methyl sites for hydroxylation is 2. The van der Waals surface area contributed by atoms with E-state index in [9.17, 15) is 4.79 Å². The van der Waals surface area contributed by atoms with E-state index in [0.29, 0.717) is 12.2 Å². The van der Waals surface area contributed by atoms with Gasteiger partial charge in [0.1, 0.15) is 6.61 Å². The predicted molar refractivity (Wildman–Crippen MR) is 91.9 cm³/mol. The smallest absolute Gasteiger partial charge is 0.339 e. The van der Waals surface area contributed by atoms with Crippen molar-refractivity contribution in [3.63, 3.8) is 0 Å². The molecule has 0 bridgehead atoms. The van der Waals surface area contributed by atoms with Crippen LogP contribution in [0.1, 0.15) is 22.3 Å². The van der Waals surface area contributed by atoms with Crippen molar-refractivity contribution < 1.29 is 9.53 Å². The molecule has 0 saturated carbocycles. The number of hydrogen-bond acceptors (Lipinski definition) is 3. The van der Waals surface area contributed by atoms with Gasteiger partial charge in [-0.15, -0.1) is 11.8 Å². The summed E-state index contributed by atoms with van der Waals surface area (Å²) in [5.41, 5.74) is 6.06. The predicted octanol–water partition coefficient (Wildman–Crippen LogP) is 4.49. The Morgan fingerprint density at radius 3 is 2.32 bits per heavy atom. The molecule has 3 rings (SSSR count). The highest BCUT2D eigenvalue weighted by Crippen LogP contribution is 2.34. The van der Waals surface area contributed by atoms with E-state index >= 15 is 0 Å². The van der Waals surface area contributed by atoms with Crippen LogP contribution in [0.4, 0.5) is 0 Å². The average molecular weight is 310 g/mol. The van der Waals surface area contributed by atoms with Gasteiger partial charge >= 0.3 is 5.97 Å². The maximum atomic E-state index is 12.2. The molecule has 112 valence electrons. The van der Waals surface area contributed by atoms with Crippen molar-refractivity contribution in [1.82, 2.24) is 0 Å². The van der Waals surface area contributed by atoms with Gasteiger partial charge in [0.15, 0.2) is 0 Å². The topological polar surface area (TPSA) is 26.3 Å². The Morgan fingerprint density at radius 1 is 1.00 bits per heavy atom. The summed E-state index contributed by atoms with van der Waals surface area (Å²) in [7, 11) is 0. The zero-order chi connectivity index (χ0) is 15.7. The molecule has 1 heterocycles. The summed E-state index contributed by atoms with van der Waals surface area (Å²) in [4.78, 5) is 13.4. The van der Waals surface area contributed by atoms with Crippen LogP contribution in [0.15, 0.2) is 47.4 Å². The Kier molecular flexibility index (Phi) is 4.08. The van der Waals surface area contributed by atoms with Crippen LogP contribution in [0.2, 0.25) is 0 Å². The van der Waals surface area contributed by atoms with E-state index in [1.54, 1.807) is 11.8 Å². The van der Waals surface area contributed by atoms with Crippen molar-refractivity contribution in [2.75, 3.05) is 12.9 Å². The molecule has 0 aromatic heterocycles. The first-order valence-electron chi connectivity index (χ1n) is 7.22. The van der Waals surface area contributed by atoms with Crippen molar-refractivity contribution in [3.05, 3.63) is 64.7 Å². The summed E-state index contributed by atoms with van der Waals surface area (Å²) in [5.74, 6) is -0.231. The zero-order valence-electron chi connectivity index (χ0n) is 13.0. The first kappa shape index (κ1) is 14.9. The fraction of sp³-hybridized carbons (Fsp3) is 0.211. The van der Waals surface area contributed by atoms with E-state index in [0.717, 1.165) is 16.7 Å². The zero-order valence-corrected chi connectivity index (χ0v) is 13.8. The second-order valence-electron chi connectivity index (χ2n) is 5.48. The molecule has 0 spiro atoms. The largest absolute Gasteiger partial charge is 0.457 e. The molecule has 2 aromatic rings. The van der Waals surface area contributed by atoms with Crippen LogP contribution >= 0.6 is 11.8 Å². The number of carbonyl (C=O) groups excluding carboxylic acids is 1. The van der Waals surface area contributed by atoms with Crippen molar-refractivity contribution in [1.29, 1.82) is 0 Å². The number of rotatable bonds is 3. The molecule has 22 heavy (non-hydrogen) atoms. The summed E-state index contributed by atoms with van der Waals surface area (Å²) in [6.45, 7) is 4.48. The molecule has 0 N–H and O–H groups in total. The van der Waals surface area contributed by atoms with Gasteiger partial charge in [-0.25, -0.2) is 4.79 Å². The molecule has 0 radical (unpaired) electrons. The number of thioether (sulfide) groups is 1. The minimum atomic E-state index is -0.231. The summed E-state index contributed by atoms with van der Waals surface area (Å²) >= 11 is 1.73. The summed E-state index contributed by atoms with van der Waals surface area (Å²) in [5, 5.41) is 0. The van der Waals surface area contributed by atoms with Crippen LogP contribution in [-0.4, -0.2) is 18.8 Å². The third-order valence-corrected chi connectivity index (χ3v) is 4.83. The van der Waals surface area contributed by atoms with Crippen LogP contribution in [0, 0.1) is 13.8 Å². The minimum Gasteiger partial charge on any atom is -0.457 e. The molecule has 1 aliphatic heterocycles. The number of hydrogen-bond donors (Lipinski definition) is 0. The lowest BCUT2D eigenvalue weighted by molar-refractivity contribution is -0.133. The van der Waals surface area contributed by atoms with Crippen molar-refractivity contribution in [3.8, 4) is 0 Å². The Bertz CT molecular complexity index is 758. The number of ether oxygens (including phenoxy) is 1. The standard InChI is InChI=1S/C19H18O2S/c1-12-4-6-14(7-5-12)18-16(11-21-19(18)20)15-8-9-17(22-3)13(2)10-15/h4-10H,11H2,1-3H3. The molecule has 0 atom stereocenters. The quantitative estimate of drug-likeness (QED) is 0.617. The highest BCUT2D eigenvalue weighted by molar-refractivity contribution is 7.98. The minimum absolute atomic E-state index is 0.231. The molecule has 0 unspecified atom stereocenters. The van der Waals surface area contributed by atoms with E-state index in [1.165, 1.54) is 16.0 Å². The van der Waals surface area contributed by atoms with Gasteiger partial charge in [0.2, 0.25) is 0 Å². The van der Waals surface area contributed by atoms with Gasteiger partial charge in [0.05, 0.1) is 5.57 Å². The fourth-order valence-corrected chi connectivity index (χ4v) is 3.30. The number of benzene rings is 2. The lowest BCUT2D eigenvalue weighted by Crippen LogP contribution is -1.98. The normalized spacial score (nSPS) is 14.4. The summed E-state index contributed by atoms with van der Waals surface area (Å²) < 4.78 is 5.30. The van der Waals surface area contributed by atoms with Gasteiger partial charge in [-0.3, -0.25) is 0 Å². The van der Waals surface area contributed by atoms with Gasteiger partial charge in [0, 0.05) is 10.5 Å². The van der Waals surface area contributed by atoms with E-state index < -0.39 is 0 Å². The average Bonchev–Trinajstić information content (AvgIpc) is 2.90. The molecular formula is C19H18O2S. The molecule has 0 aliphatic carbocycles.